The van der Waals surface area contributed by atoms with Gasteiger partial charge < -0.3 is 19.5 Å². The van der Waals surface area contributed by atoms with Gasteiger partial charge in [-0.2, -0.15) is 0 Å². The first-order valence-corrected chi connectivity index (χ1v) is 9.91. The molecular formula is C20H23N3O3S. The van der Waals surface area contributed by atoms with Crippen LogP contribution in [0.5, 0.6) is 11.5 Å². The summed E-state index contributed by atoms with van der Waals surface area (Å²) in [5, 5.41) is 6.65. The number of hydrogen-bond acceptors (Lipinski definition) is 7. The lowest BCUT2D eigenvalue weighted by Crippen LogP contribution is -2.19. The second kappa shape index (κ2) is 7.70. The van der Waals surface area contributed by atoms with Crippen LogP contribution >= 0.6 is 11.3 Å². The average Bonchev–Trinajstić information content (AvgIpc) is 3.35. The standard InChI is InChI=1S/C20H23N3O3S/c1-12-22-19(21-10-14-5-4-8-26-14)18-15(11-27-20(18)23-12)13-6-7-16(24-2)17(9-13)25-3/h6-7,9,11,14H,4-5,8,10H2,1-3H3,(H,21,22,23)/t14-/m0/s1. The van der Waals surface area contributed by atoms with E-state index in [1.807, 2.05) is 25.1 Å². The van der Waals surface area contributed by atoms with Gasteiger partial charge in [0.2, 0.25) is 0 Å². The maximum atomic E-state index is 5.74. The van der Waals surface area contributed by atoms with Crippen LogP contribution in [-0.2, 0) is 4.74 Å². The van der Waals surface area contributed by atoms with Crippen molar-refractivity contribution >= 4 is 27.4 Å². The molecule has 7 heteroatoms. The van der Waals surface area contributed by atoms with Gasteiger partial charge in [0.15, 0.2) is 11.5 Å². The summed E-state index contributed by atoms with van der Waals surface area (Å²) in [7, 11) is 3.29. The Morgan fingerprint density at radius 3 is 2.81 bits per heavy atom. The third kappa shape index (κ3) is 3.57. The van der Waals surface area contributed by atoms with E-state index in [9.17, 15) is 0 Å². The number of nitrogens with one attached hydrogen (secondary N) is 1. The largest absolute Gasteiger partial charge is 0.493 e. The maximum absolute atomic E-state index is 5.74. The Morgan fingerprint density at radius 1 is 1.22 bits per heavy atom. The van der Waals surface area contributed by atoms with E-state index in [1.54, 1.807) is 25.6 Å². The van der Waals surface area contributed by atoms with Crippen LogP contribution < -0.4 is 14.8 Å². The van der Waals surface area contributed by atoms with Crippen molar-refractivity contribution in [2.24, 2.45) is 0 Å². The number of fused-ring (bicyclic) bond motifs is 1. The zero-order valence-electron chi connectivity index (χ0n) is 15.7. The zero-order valence-corrected chi connectivity index (χ0v) is 16.6. The lowest BCUT2D eigenvalue weighted by Gasteiger charge is -2.14. The number of methoxy groups -OCH3 is 2. The Hall–Kier alpha value is -2.38. The van der Waals surface area contributed by atoms with E-state index in [4.69, 9.17) is 14.2 Å². The molecule has 2 aromatic heterocycles. The van der Waals surface area contributed by atoms with E-state index in [0.717, 1.165) is 59.0 Å². The first kappa shape index (κ1) is 18.0. The van der Waals surface area contributed by atoms with Crippen molar-refractivity contribution in [3.63, 3.8) is 0 Å². The van der Waals surface area contributed by atoms with Gasteiger partial charge >= 0.3 is 0 Å². The Kier molecular flexibility index (Phi) is 5.13. The molecule has 0 amide bonds. The molecule has 1 atom stereocenters. The smallest absolute Gasteiger partial charge is 0.161 e. The van der Waals surface area contributed by atoms with E-state index in [0.29, 0.717) is 11.5 Å². The van der Waals surface area contributed by atoms with Crippen molar-refractivity contribution in [2.75, 3.05) is 32.7 Å². The van der Waals surface area contributed by atoms with Crippen molar-refractivity contribution in [3.05, 3.63) is 29.4 Å². The fourth-order valence-electron chi connectivity index (χ4n) is 3.41. The summed E-state index contributed by atoms with van der Waals surface area (Å²) < 4.78 is 16.6. The number of thiophene rings is 1. The van der Waals surface area contributed by atoms with Crippen LogP contribution in [0, 0.1) is 6.92 Å². The van der Waals surface area contributed by atoms with Gasteiger partial charge in [-0.25, -0.2) is 9.97 Å². The molecule has 1 aliphatic heterocycles. The molecule has 1 saturated heterocycles. The van der Waals surface area contributed by atoms with E-state index in [2.05, 4.69) is 20.7 Å². The molecule has 0 aliphatic carbocycles. The van der Waals surface area contributed by atoms with Crippen molar-refractivity contribution in [3.8, 4) is 22.6 Å². The molecule has 0 spiro atoms. The quantitative estimate of drug-likeness (QED) is 0.683. The number of anilines is 1. The molecule has 27 heavy (non-hydrogen) atoms. The highest BCUT2D eigenvalue weighted by Gasteiger charge is 2.19. The summed E-state index contributed by atoms with van der Waals surface area (Å²) in [6.07, 6.45) is 2.46. The molecule has 3 aromatic rings. The molecule has 1 fully saturated rings. The molecule has 142 valence electrons. The molecular weight excluding hydrogens is 362 g/mol. The number of hydrogen-bond donors (Lipinski definition) is 1. The van der Waals surface area contributed by atoms with Gasteiger partial charge in [0.05, 0.1) is 25.7 Å². The van der Waals surface area contributed by atoms with Crippen LogP contribution in [0.1, 0.15) is 18.7 Å². The Labute approximate surface area is 162 Å². The van der Waals surface area contributed by atoms with Crippen LogP contribution in [0.15, 0.2) is 23.6 Å². The average molecular weight is 385 g/mol. The Balaban J connectivity index is 1.75. The third-order valence-electron chi connectivity index (χ3n) is 4.76. The third-order valence-corrected chi connectivity index (χ3v) is 5.63. The van der Waals surface area contributed by atoms with E-state index in [-0.39, 0.29) is 6.10 Å². The van der Waals surface area contributed by atoms with Crippen LogP contribution in [0.4, 0.5) is 5.82 Å². The molecule has 0 saturated carbocycles. The molecule has 0 unspecified atom stereocenters. The SMILES string of the molecule is COc1ccc(-c2csc3nc(C)nc(NC[C@@H]4CCCO4)c23)cc1OC. The number of nitrogens with zero attached hydrogens (tertiary/aromatic N) is 2. The highest BCUT2D eigenvalue weighted by atomic mass is 32.1. The molecule has 1 aliphatic rings. The predicted octanol–water partition coefficient (Wildman–Crippen LogP) is 4.27. The normalized spacial score (nSPS) is 16.6. The van der Waals surface area contributed by atoms with Gasteiger partial charge in [0.25, 0.3) is 0 Å². The summed E-state index contributed by atoms with van der Waals surface area (Å²) in [6.45, 7) is 3.53. The number of aromatic nitrogens is 2. The van der Waals surface area contributed by atoms with E-state index in [1.165, 1.54) is 0 Å². The minimum atomic E-state index is 0.249. The van der Waals surface area contributed by atoms with Crippen LogP contribution in [-0.4, -0.2) is 43.4 Å². The van der Waals surface area contributed by atoms with Gasteiger partial charge in [0.1, 0.15) is 16.5 Å². The highest BCUT2D eigenvalue weighted by Crippen LogP contribution is 2.40. The maximum Gasteiger partial charge on any atom is 0.161 e. The van der Waals surface area contributed by atoms with Crippen molar-refractivity contribution in [2.45, 2.75) is 25.9 Å². The number of benzene rings is 1. The van der Waals surface area contributed by atoms with Crippen LogP contribution in [0.25, 0.3) is 21.3 Å². The highest BCUT2D eigenvalue weighted by molar-refractivity contribution is 7.17. The molecule has 1 N–H and O–H groups in total. The lowest BCUT2D eigenvalue weighted by atomic mass is 10.1. The lowest BCUT2D eigenvalue weighted by molar-refractivity contribution is 0.120. The van der Waals surface area contributed by atoms with Gasteiger partial charge in [-0.1, -0.05) is 6.07 Å². The first-order valence-electron chi connectivity index (χ1n) is 9.03. The van der Waals surface area contributed by atoms with Crippen LogP contribution in [0.2, 0.25) is 0 Å². The van der Waals surface area contributed by atoms with Crippen molar-refractivity contribution in [1.29, 1.82) is 0 Å². The summed E-state index contributed by atoms with van der Waals surface area (Å²) in [6, 6.07) is 5.95. The second-order valence-electron chi connectivity index (χ2n) is 6.53. The Morgan fingerprint density at radius 2 is 2.07 bits per heavy atom. The van der Waals surface area contributed by atoms with Gasteiger partial charge in [-0.05, 0) is 37.5 Å². The summed E-state index contributed by atoms with van der Waals surface area (Å²) in [5.74, 6) is 3.04. The number of rotatable bonds is 6. The summed E-state index contributed by atoms with van der Waals surface area (Å²) in [5.41, 5.74) is 2.14. The first-order chi connectivity index (χ1) is 13.2. The van der Waals surface area contributed by atoms with Gasteiger partial charge in [0, 0.05) is 24.1 Å². The topological polar surface area (TPSA) is 65.5 Å². The van der Waals surface area contributed by atoms with Gasteiger partial charge in [-0.15, -0.1) is 11.3 Å². The number of ether oxygens (including phenoxy) is 3. The minimum Gasteiger partial charge on any atom is -0.493 e. The molecule has 6 nitrogen and oxygen atoms in total. The zero-order chi connectivity index (χ0) is 18.8. The van der Waals surface area contributed by atoms with E-state index < -0.39 is 0 Å². The van der Waals surface area contributed by atoms with Crippen molar-refractivity contribution < 1.29 is 14.2 Å². The fraction of sp³-hybridized carbons (Fsp3) is 0.400. The second-order valence-corrected chi connectivity index (χ2v) is 7.39. The molecule has 4 rings (SSSR count). The summed E-state index contributed by atoms with van der Waals surface area (Å²) >= 11 is 1.62. The predicted molar refractivity (Wildman–Crippen MR) is 108 cm³/mol. The monoisotopic (exact) mass is 385 g/mol. The molecule has 1 aromatic carbocycles. The molecule has 0 bridgehead atoms. The van der Waals surface area contributed by atoms with Gasteiger partial charge in [-0.3, -0.25) is 0 Å². The fourth-order valence-corrected chi connectivity index (χ4v) is 4.40. The number of aryl methyl sites for hydroxylation is 1. The minimum absolute atomic E-state index is 0.249. The summed E-state index contributed by atoms with van der Waals surface area (Å²) in [4.78, 5) is 10.3. The van der Waals surface area contributed by atoms with Crippen molar-refractivity contribution in [1.82, 2.24) is 9.97 Å². The van der Waals surface area contributed by atoms with E-state index >= 15 is 0 Å². The van der Waals surface area contributed by atoms with Crippen LogP contribution in [0.3, 0.4) is 0 Å². The molecule has 0 radical (unpaired) electrons. The Bertz CT molecular complexity index is 951. The molecule has 3 heterocycles.